The summed E-state index contributed by atoms with van der Waals surface area (Å²) in [6.07, 6.45) is 5.05. The standard InChI is InChI=1S/C24H41N5O/c1-4-30-23-10-14-29(15-11-23)24(25-3)26-12-5-6-13-27-16-18-28(19-17-27)22-9-7-8-21(2)20-22/h7-9,20,23H,4-6,10-19H2,1-3H3,(H,25,26). The molecule has 2 aliphatic rings. The van der Waals surface area contributed by atoms with Gasteiger partial charge in [-0.1, -0.05) is 12.1 Å². The topological polar surface area (TPSA) is 43.3 Å². The van der Waals surface area contributed by atoms with Gasteiger partial charge in [-0.25, -0.2) is 0 Å². The maximum Gasteiger partial charge on any atom is 0.193 e. The minimum Gasteiger partial charge on any atom is -0.378 e. The van der Waals surface area contributed by atoms with Gasteiger partial charge in [0, 0.05) is 65.2 Å². The molecule has 3 rings (SSSR count). The van der Waals surface area contributed by atoms with Crippen LogP contribution in [0.1, 0.15) is 38.2 Å². The Morgan fingerprint density at radius 1 is 1.10 bits per heavy atom. The first kappa shape index (κ1) is 22.9. The van der Waals surface area contributed by atoms with Crippen LogP contribution in [0.2, 0.25) is 0 Å². The molecule has 1 aromatic carbocycles. The van der Waals surface area contributed by atoms with Gasteiger partial charge in [0.05, 0.1) is 6.10 Å². The molecule has 0 aliphatic carbocycles. The van der Waals surface area contributed by atoms with E-state index in [2.05, 4.69) is 63.1 Å². The first-order valence-electron chi connectivity index (χ1n) is 11.8. The minimum atomic E-state index is 0.427. The fourth-order valence-electron chi connectivity index (χ4n) is 4.52. The van der Waals surface area contributed by atoms with Crippen LogP contribution in [0.4, 0.5) is 5.69 Å². The van der Waals surface area contributed by atoms with Gasteiger partial charge in [0.1, 0.15) is 0 Å². The van der Waals surface area contributed by atoms with Gasteiger partial charge in [-0.3, -0.25) is 9.89 Å². The van der Waals surface area contributed by atoms with E-state index in [0.717, 1.165) is 71.2 Å². The van der Waals surface area contributed by atoms with Crippen molar-refractivity contribution in [2.24, 2.45) is 4.99 Å². The van der Waals surface area contributed by atoms with Crippen molar-refractivity contribution in [2.45, 2.75) is 45.6 Å². The van der Waals surface area contributed by atoms with E-state index in [1.807, 2.05) is 7.05 Å². The average Bonchev–Trinajstić information content (AvgIpc) is 2.78. The first-order chi connectivity index (χ1) is 14.7. The number of piperidine rings is 1. The van der Waals surface area contributed by atoms with Gasteiger partial charge in [0.25, 0.3) is 0 Å². The molecule has 6 heteroatoms. The Bertz CT molecular complexity index is 649. The van der Waals surface area contributed by atoms with Crippen molar-refractivity contribution in [2.75, 3.05) is 70.9 Å². The Balaban J connectivity index is 1.27. The zero-order valence-corrected chi connectivity index (χ0v) is 19.3. The van der Waals surface area contributed by atoms with E-state index in [9.17, 15) is 0 Å². The molecule has 6 nitrogen and oxygen atoms in total. The summed E-state index contributed by atoms with van der Waals surface area (Å²) in [6, 6.07) is 8.87. The Morgan fingerprint density at radius 3 is 2.53 bits per heavy atom. The molecule has 0 unspecified atom stereocenters. The van der Waals surface area contributed by atoms with E-state index in [1.54, 1.807) is 0 Å². The van der Waals surface area contributed by atoms with Crippen molar-refractivity contribution in [3.63, 3.8) is 0 Å². The molecule has 2 aliphatic heterocycles. The number of piperazine rings is 1. The molecular weight excluding hydrogens is 374 g/mol. The van der Waals surface area contributed by atoms with Crippen molar-refractivity contribution in [1.29, 1.82) is 0 Å². The highest BCUT2D eigenvalue weighted by Crippen LogP contribution is 2.18. The van der Waals surface area contributed by atoms with Crippen LogP contribution in [-0.2, 0) is 4.74 Å². The van der Waals surface area contributed by atoms with Crippen molar-refractivity contribution < 1.29 is 4.74 Å². The molecule has 0 spiro atoms. The highest BCUT2D eigenvalue weighted by atomic mass is 16.5. The summed E-state index contributed by atoms with van der Waals surface area (Å²) in [5, 5.41) is 3.57. The third kappa shape index (κ3) is 6.88. The van der Waals surface area contributed by atoms with E-state index in [1.165, 1.54) is 30.6 Å². The number of anilines is 1. The Kier molecular flexibility index (Phi) is 9.27. The average molecular weight is 416 g/mol. The van der Waals surface area contributed by atoms with E-state index in [4.69, 9.17) is 4.74 Å². The highest BCUT2D eigenvalue weighted by molar-refractivity contribution is 5.79. The monoisotopic (exact) mass is 415 g/mol. The predicted molar refractivity (Wildman–Crippen MR) is 127 cm³/mol. The van der Waals surface area contributed by atoms with E-state index >= 15 is 0 Å². The summed E-state index contributed by atoms with van der Waals surface area (Å²) in [4.78, 5) is 12.0. The third-order valence-corrected chi connectivity index (χ3v) is 6.28. The molecular formula is C24H41N5O. The number of nitrogens with one attached hydrogen (secondary N) is 1. The molecule has 0 saturated carbocycles. The number of likely N-dealkylation sites (tertiary alicyclic amines) is 1. The van der Waals surface area contributed by atoms with Crippen LogP contribution in [0.5, 0.6) is 0 Å². The molecule has 0 amide bonds. The summed E-state index contributed by atoms with van der Waals surface area (Å²) in [6.45, 7) is 13.9. The smallest absolute Gasteiger partial charge is 0.193 e. The van der Waals surface area contributed by atoms with Gasteiger partial charge in [0.2, 0.25) is 0 Å². The molecule has 168 valence electrons. The lowest BCUT2D eigenvalue weighted by Crippen LogP contribution is -2.47. The van der Waals surface area contributed by atoms with Crippen molar-refractivity contribution in [3.8, 4) is 0 Å². The fourth-order valence-corrected chi connectivity index (χ4v) is 4.52. The molecule has 1 aromatic rings. The highest BCUT2D eigenvalue weighted by Gasteiger charge is 2.21. The largest absolute Gasteiger partial charge is 0.378 e. The van der Waals surface area contributed by atoms with Gasteiger partial charge in [0.15, 0.2) is 5.96 Å². The van der Waals surface area contributed by atoms with Crippen LogP contribution in [-0.4, -0.2) is 87.9 Å². The van der Waals surface area contributed by atoms with Crippen molar-refractivity contribution >= 4 is 11.6 Å². The summed E-state index contributed by atoms with van der Waals surface area (Å²) in [5.74, 6) is 1.05. The molecule has 0 bridgehead atoms. The molecule has 2 fully saturated rings. The number of nitrogens with zero attached hydrogens (tertiary/aromatic N) is 4. The molecule has 0 aromatic heterocycles. The van der Waals surface area contributed by atoms with E-state index < -0.39 is 0 Å². The predicted octanol–water partition coefficient (Wildman–Crippen LogP) is 2.97. The van der Waals surface area contributed by atoms with Crippen LogP contribution in [0.3, 0.4) is 0 Å². The van der Waals surface area contributed by atoms with Gasteiger partial charge < -0.3 is 19.9 Å². The molecule has 2 heterocycles. The Morgan fingerprint density at radius 2 is 1.87 bits per heavy atom. The van der Waals surface area contributed by atoms with Gasteiger partial charge in [-0.05, 0) is 63.8 Å². The molecule has 30 heavy (non-hydrogen) atoms. The Labute approximate surface area is 183 Å². The zero-order valence-electron chi connectivity index (χ0n) is 19.3. The maximum atomic E-state index is 5.76. The number of unbranched alkanes of at least 4 members (excludes halogenated alkanes) is 1. The van der Waals surface area contributed by atoms with Crippen molar-refractivity contribution in [1.82, 2.24) is 15.1 Å². The van der Waals surface area contributed by atoms with Crippen LogP contribution in [0.15, 0.2) is 29.3 Å². The summed E-state index contributed by atoms with van der Waals surface area (Å²) >= 11 is 0. The number of hydrogen-bond acceptors (Lipinski definition) is 4. The maximum absolute atomic E-state index is 5.76. The lowest BCUT2D eigenvalue weighted by atomic mass is 10.1. The lowest BCUT2D eigenvalue weighted by molar-refractivity contribution is 0.0264. The van der Waals surface area contributed by atoms with Crippen LogP contribution in [0.25, 0.3) is 0 Å². The number of benzene rings is 1. The van der Waals surface area contributed by atoms with Crippen LogP contribution in [0, 0.1) is 6.92 Å². The van der Waals surface area contributed by atoms with E-state index in [-0.39, 0.29) is 0 Å². The zero-order chi connectivity index (χ0) is 21.2. The number of rotatable bonds is 8. The molecule has 0 radical (unpaired) electrons. The van der Waals surface area contributed by atoms with Crippen molar-refractivity contribution in [3.05, 3.63) is 29.8 Å². The SMILES string of the molecule is CCOC1CCN(C(=NC)NCCCCN2CCN(c3cccc(C)c3)CC2)CC1. The second-order valence-electron chi connectivity index (χ2n) is 8.49. The Hall–Kier alpha value is -1.79. The summed E-state index contributed by atoms with van der Waals surface area (Å²) in [7, 11) is 1.89. The molecule has 1 N–H and O–H groups in total. The lowest BCUT2D eigenvalue weighted by Gasteiger charge is -2.36. The summed E-state index contributed by atoms with van der Waals surface area (Å²) in [5.41, 5.74) is 2.71. The number of guanidine groups is 1. The van der Waals surface area contributed by atoms with Crippen LogP contribution >= 0.6 is 0 Å². The van der Waals surface area contributed by atoms with Gasteiger partial charge >= 0.3 is 0 Å². The molecule has 0 atom stereocenters. The number of ether oxygens (including phenoxy) is 1. The second kappa shape index (κ2) is 12.2. The number of hydrogen-bond donors (Lipinski definition) is 1. The van der Waals surface area contributed by atoms with Gasteiger partial charge in [-0.2, -0.15) is 0 Å². The normalized spacial score (nSPS) is 19.4. The number of aryl methyl sites for hydroxylation is 1. The van der Waals surface area contributed by atoms with Gasteiger partial charge in [-0.15, -0.1) is 0 Å². The first-order valence-corrected chi connectivity index (χ1v) is 11.8. The second-order valence-corrected chi connectivity index (χ2v) is 8.49. The molecule has 2 saturated heterocycles. The quantitative estimate of drug-likeness (QED) is 0.402. The van der Waals surface area contributed by atoms with E-state index in [0.29, 0.717) is 6.10 Å². The minimum absolute atomic E-state index is 0.427. The third-order valence-electron chi connectivity index (χ3n) is 6.28. The van der Waals surface area contributed by atoms with Crippen LogP contribution < -0.4 is 10.2 Å². The number of aliphatic imine (C=N–C) groups is 1. The fraction of sp³-hybridized carbons (Fsp3) is 0.708. The summed E-state index contributed by atoms with van der Waals surface area (Å²) < 4.78 is 5.76.